The first-order valence-electron chi connectivity index (χ1n) is 8.05. The number of hydrogen-bond donors (Lipinski definition) is 2. The molecule has 0 saturated heterocycles. The Morgan fingerprint density at radius 2 is 1.88 bits per heavy atom. The summed E-state index contributed by atoms with van der Waals surface area (Å²) in [6.45, 7) is 6.71. The number of benzene rings is 1. The topological polar surface area (TPSA) is 66.7 Å². The molecule has 0 aliphatic rings. The molecule has 128 valence electrons. The third-order valence-corrected chi connectivity index (χ3v) is 3.25. The summed E-state index contributed by atoms with van der Waals surface area (Å²) < 4.78 is 0. The number of β-amino-alcohol motifs (C(OH)–C–C–N with tert-alkyl or cyclic N) is 1. The van der Waals surface area contributed by atoms with E-state index in [9.17, 15) is 5.11 Å². The van der Waals surface area contributed by atoms with Gasteiger partial charge in [0.25, 0.3) is 0 Å². The molecule has 5 heteroatoms. The molecule has 1 aromatic carbocycles. The molecular weight excluding hydrogens is 302 g/mol. The molecule has 0 amide bonds. The van der Waals surface area contributed by atoms with Crippen molar-refractivity contribution in [3.63, 3.8) is 0 Å². The zero-order valence-corrected chi connectivity index (χ0v) is 14.4. The minimum absolute atomic E-state index is 0.0482. The van der Waals surface area contributed by atoms with Crippen molar-refractivity contribution in [2.75, 3.05) is 13.2 Å². The van der Waals surface area contributed by atoms with Crippen LogP contribution in [0.2, 0.25) is 0 Å². The van der Waals surface area contributed by atoms with Crippen molar-refractivity contribution < 1.29 is 9.94 Å². The first-order valence-corrected chi connectivity index (χ1v) is 8.05. The molecule has 0 unspecified atom stereocenters. The molecule has 0 aliphatic carbocycles. The number of pyridine rings is 1. The van der Waals surface area contributed by atoms with Crippen molar-refractivity contribution in [2.45, 2.75) is 32.4 Å². The summed E-state index contributed by atoms with van der Waals surface area (Å²) in [7, 11) is 0. The van der Waals surface area contributed by atoms with E-state index in [0.29, 0.717) is 12.3 Å². The van der Waals surface area contributed by atoms with Crippen LogP contribution in [0, 0.1) is 0 Å². The number of hydrogen-bond acceptors (Lipinski definition) is 5. The molecule has 0 fully saturated rings. The Labute approximate surface area is 143 Å². The van der Waals surface area contributed by atoms with Gasteiger partial charge in [0.1, 0.15) is 18.4 Å². The lowest BCUT2D eigenvalue weighted by molar-refractivity contribution is 0.0374. The summed E-state index contributed by atoms with van der Waals surface area (Å²) >= 11 is 0. The molecule has 0 aliphatic heterocycles. The van der Waals surface area contributed by atoms with Gasteiger partial charge in [-0.15, -0.1) is 0 Å². The Hall–Kier alpha value is -2.24. The zero-order valence-electron chi connectivity index (χ0n) is 14.4. The van der Waals surface area contributed by atoms with Gasteiger partial charge in [0, 0.05) is 23.8 Å². The molecule has 1 aromatic heterocycles. The van der Waals surface area contributed by atoms with E-state index < -0.39 is 6.10 Å². The monoisotopic (exact) mass is 327 g/mol. The van der Waals surface area contributed by atoms with E-state index in [1.165, 1.54) is 0 Å². The van der Waals surface area contributed by atoms with Gasteiger partial charge in [0.15, 0.2) is 0 Å². The van der Waals surface area contributed by atoms with Crippen molar-refractivity contribution in [3.05, 3.63) is 66.0 Å². The second-order valence-electron chi connectivity index (χ2n) is 6.60. The minimum atomic E-state index is -0.631. The van der Waals surface area contributed by atoms with Gasteiger partial charge in [0.05, 0.1) is 5.69 Å². The fraction of sp³-hybridized carbons (Fsp3) is 0.368. The molecule has 24 heavy (non-hydrogen) atoms. The molecule has 2 rings (SSSR count). The number of oxime groups is 1. The smallest absolute Gasteiger partial charge is 0.144 e. The summed E-state index contributed by atoms with van der Waals surface area (Å²) in [6, 6.07) is 15.4. The zero-order chi connectivity index (χ0) is 17.4. The van der Waals surface area contributed by atoms with Gasteiger partial charge in [0.2, 0.25) is 0 Å². The summed E-state index contributed by atoms with van der Waals surface area (Å²) in [6.07, 6.45) is 1.09. The van der Waals surface area contributed by atoms with Crippen LogP contribution in [0.1, 0.15) is 32.0 Å². The van der Waals surface area contributed by atoms with Gasteiger partial charge in [-0.2, -0.15) is 0 Å². The van der Waals surface area contributed by atoms with Crippen molar-refractivity contribution in [1.82, 2.24) is 10.3 Å². The molecule has 1 atom stereocenters. The van der Waals surface area contributed by atoms with Crippen LogP contribution in [0.4, 0.5) is 0 Å². The predicted molar refractivity (Wildman–Crippen MR) is 96.0 cm³/mol. The van der Waals surface area contributed by atoms with E-state index in [4.69, 9.17) is 4.84 Å². The third kappa shape index (κ3) is 6.10. The number of nitrogens with one attached hydrogen (secondary N) is 1. The van der Waals surface area contributed by atoms with Crippen molar-refractivity contribution >= 4 is 5.71 Å². The summed E-state index contributed by atoms with van der Waals surface area (Å²) in [5.74, 6) is 0. The third-order valence-electron chi connectivity index (χ3n) is 3.25. The largest absolute Gasteiger partial charge is 0.392 e. The van der Waals surface area contributed by atoms with Crippen LogP contribution in [-0.2, 0) is 4.84 Å². The Bertz CT molecular complexity index is 595. The molecule has 2 aromatic rings. The average molecular weight is 327 g/mol. The minimum Gasteiger partial charge on any atom is -0.392 e. The maximum Gasteiger partial charge on any atom is 0.144 e. The maximum absolute atomic E-state index is 9.99. The Morgan fingerprint density at radius 3 is 2.50 bits per heavy atom. The number of aliphatic hydroxyl groups excluding tert-OH is 1. The quantitative estimate of drug-likeness (QED) is 0.606. The van der Waals surface area contributed by atoms with Gasteiger partial charge in [-0.25, -0.2) is 0 Å². The second-order valence-corrected chi connectivity index (χ2v) is 6.60. The van der Waals surface area contributed by atoms with Crippen LogP contribution >= 0.6 is 0 Å². The Kier molecular flexibility index (Phi) is 6.46. The molecule has 0 saturated carbocycles. The SMILES string of the molecule is CC(C)(C)NC[C@H](O)CO/N=C(\c1ccccc1)c1ccccn1. The summed E-state index contributed by atoms with van der Waals surface area (Å²) in [5, 5.41) is 17.4. The van der Waals surface area contributed by atoms with Gasteiger partial charge < -0.3 is 15.3 Å². The van der Waals surface area contributed by atoms with E-state index in [1.807, 2.05) is 69.3 Å². The number of rotatable bonds is 7. The van der Waals surface area contributed by atoms with Crippen LogP contribution in [0.15, 0.2) is 59.9 Å². The van der Waals surface area contributed by atoms with E-state index >= 15 is 0 Å². The summed E-state index contributed by atoms with van der Waals surface area (Å²) in [5.41, 5.74) is 2.24. The maximum atomic E-state index is 9.99. The first-order chi connectivity index (χ1) is 11.5. The van der Waals surface area contributed by atoms with Gasteiger partial charge in [-0.1, -0.05) is 41.6 Å². The average Bonchev–Trinajstić information content (AvgIpc) is 2.58. The van der Waals surface area contributed by atoms with Crippen molar-refractivity contribution in [1.29, 1.82) is 0 Å². The standard InChI is InChI=1S/C19H25N3O2/c1-19(2,3)21-13-16(23)14-24-22-18(15-9-5-4-6-10-15)17-11-7-8-12-20-17/h4-12,16,21,23H,13-14H2,1-3H3/b22-18+/t16-/m0/s1. The Balaban J connectivity index is 2.04. The van der Waals surface area contributed by atoms with E-state index in [0.717, 1.165) is 11.3 Å². The Morgan fingerprint density at radius 1 is 1.17 bits per heavy atom. The van der Waals surface area contributed by atoms with Crippen molar-refractivity contribution in [3.8, 4) is 0 Å². The highest BCUT2D eigenvalue weighted by atomic mass is 16.6. The highest BCUT2D eigenvalue weighted by molar-refractivity contribution is 6.11. The van der Waals surface area contributed by atoms with E-state index in [1.54, 1.807) is 6.20 Å². The first kappa shape index (κ1) is 18.1. The second kappa shape index (κ2) is 8.57. The molecule has 5 nitrogen and oxygen atoms in total. The lowest BCUT2D eigenvalue weighted by Gasteiger charge is -2.22. The van der Waals surface area contributed by atoms with Crippen LogP contribution in [0.25, 0.3) is 0 Å². The van der Waals surface area contributed by atoms with E-state index in [-0.39, 0.29) is 12.1 Å². The highest BCUT2D eigenvalue weighted by Gasteiger charge is 2.13. The van der Waals surface area contributed by atoms with E-state index in [2.05, 4.69) is 15.5 Å². The van der Waals surface area contributed by atoms with Gasteiger partial charge in [-0.3, -0.25) is 4.98 Å². The molecule has 0 bridgehead atoms. The lowest BCUT2D eigenvalue weighted by atomic mass is 10.1. The fourth-order valence-electron chi connectivity index (χ4n) is 2.02. The van der Waals surface area contributed by atoms with Crippen LogP contribution < -0.4 is 5.32 Å². The number of aromatic nitrogens is 1. The van der Waals surface area contributed by atoms with Crippen LogP contribution in [0.5, 0.6) is 0 Å². The lowest BCUT2D eigenvalue weighted by Crippen LogP contribution is -2.42. The fourth-order valence-corrected chi connectivity index (χ4v) is 2.02. The van der Waals surface area contributed by atoms with Gasteiger partial charge in [-0.05, 0) is 32.9 Å². The predicted octanol–water partition coefficient (Wildman–Crippen LogP) is 2.60. The molecule has 0 radical (unpaired) electrons. The van der Waals surface area contributed by atoms with Crippen LogP contribution in [0.3, 0.4) is 0 Å². The molecular formula is C19H25N3O2. The molecule has 2 N–H and O–H groups in total. The molecule has 1 heterocycles. The molecule has 0 spiro atoms. The van der Waals surface area contributed by atoms with Crippen molar-refractivity contribution in [2.24, 2.45) is 5.16 Å². The normalized spacial score (nSPS) is 13.6. The van der Waals surface area contributed by atoms with Gasteiger partial charge >= 0.3 is 0 Å². The summed E-state index contributed by atoms with van der Waals surface area (Å²) in [4.78, 5) is 9.73. The number of nitrogens with zero attached hydrogens (tertiary/aromatic N) is 2. The highest BCUT2D eigenvalue weighted by Crippen LogP contribution is 2.09. The van der Waals surface area contributed by atoms with Crippen LogP contribution in [-0.4, -0.2) is 40.6 Å². The number of aliphatic hydroxyl groups is 1.